The highest BCUT2D eigenvalue weighted by atomic mass is 16.5. The molecule has 15 heavy (non-hydrogen) atoms. The molecule has 0 radical (unpaired) electrons. The molecule has 0 aromatic rings. The Morgan fingerprint density at radius 2 is 2.27 bits per heavy atom. The summed E-state index contributed by atoms with van der Waals surface area (Å²) < 4.78 is 4.81. The van der Waals surface area contributed by atoms with Crippen molar-refractivity contribution in [1.29, 1.82) is 0 Å². The Morgan fingerprint density at radius 1 is 1.60 bits per heavy atom. The van der Waals surface area contributed by atoms with E-state index in [2.05, 4.69) is 11.8 Å². The zero-order valence-corrected chi connectivity index (χ0v) is 8.24. The minimum atomic E-state index is -1.07. The second-order valence-corrected chi connectivity index (χ2v) is 2.78. The van der Waals surface area contributed by atoms with Crippen LogP contribution in [0.15, 0.2) is 29.9 Å². The molecular formula is C9H15NO5. The zero-order chi connectivity index (χ0) is 11.7. The Kier molecular flexibility index (Phi) is 7.21. The molecule has 0 aromatic heterocycles. The number of ether oxygens (including phenoxy) is 1. The van der Waals surface area contributed by atoms with E-state index in [1.54, 1.807) is 0 Å². The third-order valence-corrected chi connectivity index (χ3v) is 1.67. The van der Waals surface area contributed by atoms with Crippen molar-refractivity contribution in [3.05, 3.63) is 29.6 Å². The second kappa shape index (κ2) is 7.95. The fourth-order valence-corrected chi connectivity index (χ4v) is 0.897. The van der Waals surface area contributed by atoms with Crippen molar-refractivity contribution in [2.24, 2.45) is 5.18 Å². The average Bonchev–Trinajstić information content (AvgIpc) is 2.24. The van der Waals surface area contributed by atoms with E-state index in [1.165, 1.54) is 6.08 Å². The van der Waals surface area contributed by atoms with Crippen LogP contribution in [0.5, 0.6) is 0 Å². The molecular weight excluding hydrogens is 202 g/mol. The van der Waals surface area contributed by atoms with Gasteiger partial charge >= 0.3 is 0 Å². The van der Waals surface area contributed by atoms with Crippen LogP contribution in [-0.4, -0.2) is 40.7 Å². The van der Waals surface area contributed by atoms with Gasteiger partial charge in [-0.15, -0.1) is 6.58 Å². The monoisotopic (exact) mass is 217 g/mol. The van der Waals surface area contributed by atoms with Crippen molar-refractivity contribution in [3.8, 4) is 0 Å². The lowest BCUT2D eigenvalue weighted by Gasteiger charge is -2.25. The zero-order valence-electron chi connectivity index (χ0n) is 8.24. The Balaban J connectivity index is 0.000000336. The molecule has 2 unspecified atom stereocenters. The number of nitroso groups, excluding NO2 is 1. The van der Waals surface area contributed by atoms with E-state index in [-0.39, 0.29) is 12.3 Å². The molecule has 0 spiro atoms. The van der Waals surface area contributed by atoms with Crippen LogP contribution in [0.1, 0.15) is 6.42 Å². The summed E-state index contributed by atoms with van der Waals surface area (Å²) in [6.07, 6.45) is 0.643. The van der Waals surface area contributed by atoms with Crippen molar-refractivity contribution in [2.45, 2.75) is 18.6 Å². The van der Waals surface area contributed by atoms with Crippen LogP contribution in [0.3, 0.4) is 0 Å². The standard InChI is InChI=1S/C6H10O4.C3H5NO/c7-3-5-6(9)4(8)1-2-10-5;1-2-3-4-5/h3-4,6-9H,1-2H2;2H,1,3H2/b5-3+;. The molecule has 3 N–H and O–H groups in total. The number of rotatable bonds is 2. The van der Waals surface area contributed by atoms with Gasteiger partial charge in [-0.3, -0.25) is 0 Å². The first-order valence-electron chi connectivity index (χ1n) is 4.40. The number of aliphatic hydroxyl groups is 3. The average molecular weight is 217 g/mol. The second-order valence-electron chi connectivity index (χ2n) is 2.78. The van der Waals surface area contributed by atoms with Crippen LogP contribution in [0.4, 0.5) is 0 Å². The van der Waals surface area contributed by atoms with Crippen LogP contribution in [0, 0.1) is 4.91 Å². The first-order valence-corrected chi connectivity index (χ1v) is 4.40. The molecule has 0 amide bonds. The summed E-state index contributed by atoms with van der Waals surface area (Å²) in [5.74, 6) is 0.0405. The summed E-state index contributed by atoms with van der Waals surface area (Å²) in [5.41, 5.74) is 0. The predicted molar refractivity (Wildman–Crippen MR) is 54.2 cm³/mol. The number of nitrogens with zero attached hydrogens (tertiary/aromatic N) is 1. The molecule has 2 atom stereocenters. The topological polar surface area (TPSA) is 99.4 Å². The summed E-state index contributed by atoms with van der Waals surface area (Å²) in [7, 11) is 0. The van der Waals surface area contributed by atoms with Gasteiger partial charge in [-0.05, 0) is 0 Å². The van der Waals surface area contributed by atoms with Gasteiger partial charge in [0.1, 0.15) is 12.4 Å². The molecule has 1 rings (SSSR count). The van der Waals surface area contributed by atoms with Crippen LogP contribution >= 0.6 is 0 Å². The van der Waals surface area contributed by atoms with Gasteiger partial charge in [0.2, 0.25) is 0 Å². The summed E-state index contributed by atoms with van der Waals surface area (Å²) in [6, 6.07) is 0. The summed E-state index contributed by atoms with van der Waals surface area (Å²) in [6.45, 7) is 3.82. The Labute approximate surface area is 87.5 Å². The lowest BCUT2D eigenvalue weighted by molar-refractivity contribution is -0.0466. The van der Waals surface area contributed by atoms with Gasteiger partial charge in [-0.25, -0.2) is 0 Å². The van der Waals surface area contributed by atoms with E-state index in [4.69, 9.17) is 25.0 Å². The van der Waals surface area contributed by atoms with Gasteiger partial charge in [-0.1, -0.05) is 11.3 Å². The minimum Gasteiger partial charge on any atom is -0.512 e. The van der Waals surface area contributed by atoms with Crippen molar-refractivity contribution < 1.29 is 20.1 Å². The summed E-state index contributed by atoms with van der Waals surface area (Å²) in [5, 5.41) is 28.9. The van der Waals surface area contributed by atoms with Crippen molar-refractivity contribution in [1.82, 2.24) is 0 Å². The first kappa shape index (κ1) is 13.6. The lowest BCUT2D eigenvalue weighted by atomic mass is 10.1. The summed E-state index contributed by atoms with van der Waals surface area (Å²) in [4.78, 5) is 9.08. The van der Waals surface area contributed by atoms with Crippen molar-refractivity contribution in [3.63, 3.8) is 0 Å². The van der Waals surface area contributed by atoms with E-state index in [0.717, 1.165) is 0 Å². The van der Waals surface area contributed by atoms with Gasteiger partial charge in [-0.2, -0.15) is 4.91 Å². The van der Waals surface area contributed by atoms with E-state index in [9.17, 15) is 0 Å². The molecule has 0 bridgehead atoms. The van der Waals surface area contributed by atoms with E-state index >= 15 is 0 Å². The van der Waals surface area contributed by atoms with Gasteiger partial charge in [0.15, 0.2) is 5.76 Å². The summed E-state index contributed by atoms with van der Waals surface area (Å²) >= 11 is 0. The molecule has 6 heteroatoms. The third kappa shape index (κ3) is 5.14. The molecule has 86 valence electrons. The molecule has 1 saturated heterocycles. The number of aliphatic hydroxyl groups excluding tert-OH is 3. The van der Waals surface area contributed by atoms with Gasteiger partial charge in [0.25, 0.3) is 0 Å². The van der Waals surface area contributed by atoms with Crippen LogP contribution in [-0.2, 0) is 4.74 Å². The fraction of sp³-hybridized carbons (Fsp3) is 0.556. The maximum absolute atomic E-state index is 9.08. The molecule has 1 fully saturated rings. The Hall–Kier alpha value is -1.40. The largest absolute Gasteiger partial charge is 0.512 e. The van der Waals surface area contributed by atoms with Crippen molar-refractivity contribution >= 4 is 0 Å². The van der Waals surface area contributed by atoms with E-state index in [0.29, 0.717) is 19.3 Å². The Bertz CT molecular complexity index is 223. The lowest BCUT2D eigenvalue weighted by Crippen LogP contribution is -2.34. The molecule has 0 aliphatic carbocycles. The maximum Gasteiger partial charge on any atom is 0.161 e. The minimum absolute atomic E-state index is 0.0405. The number of hydrogen-bond acceptors (Lipinski definition) is 6. The smallest absolute Gasteiger partial charge is 0.161 e. The Morgan fingerprint density at radius 3 is 2.60 bits per heavy atom. The van der Waals surface area contributed by atoms with Crippen LogP contribution < -0.4 is 0 Å². The fourth-order valence-electron chi connectivity index (χ4n) is 0.897. The predicted octanol–water partition coefficient (Wildman–Crippen LogP) is 0.467. The highest BCUT2D eigenvalue weighted by molar-refractivity contribution is 5.01. The van der Waals surface area contributed by atoms with Gasteiger partial charge < -0.3 is 20.1 Å². The van der Waals surface area contributed by atoms with Crippen LogP contribution in [0.2, 0.25) is 0 Å². The highest BCUT2D eigenvalue weighted by Gasteiger charge is 2.26. The molecule has 1 aliphatic rings. The molecule has 1 aliphatic heterocycles. The molecule has 1 heterocycles. The molecule has 6 nitrogen and oxygen atoms in total. The first-order chi connectivity index (χ1) is 7.17. The van der Waals surface area contributed by atoms with E-state index < -0.39 is 12.2 Å². The van der Waals surface area contributed by atoms with Gasteiger partial charge in [0.05, 0.1) is 19.3 Å². The maximum atomic E-state index is 9.08. The third-order valence-electron chi connectivity index (χ3n) is 1.67. The highest BCUT2D eigenvalue weighted by Crippen LogP contribution is 2.16. The van der Waals surface area contributed by atoms with Crippen LogP contribution in [0.25, 0.3) is 0 Å². The quantitative estimate of drug-likeness (QED) is 0.354. The molecule has 0 saturated carbocycles. The normalized spacial score (nSPS) is 27.2. The number of hydrogen-bond donors (Lipinski definition) is 3. The van der Waals surface area contributed by atoms with Gasteiger partial charge in [0, 0.05) is 6.42 Å². The molecule has 0 aromatic carbocycles. The van der Waals surface area contributed by atoms with Crippen molar-refractivity contribution in [2.75, 3.05) is 13.2 Å². The van der Waals surface area contributed by atoms with E-state index in [1.807, 2.05) is 0 Å². The SMILES string of the molecule is C=CCN=O.O/C=C1/OCCC(O)C1O.